The molecule has 0 aromatic heterocycles. The second kappa shape index (κ2) is 10.5. The van der Waals surface area contributed by atoms with E-state index in [4.69, 9.17) is 10.5 Å². The first-order valence-electron chi connectivity index (χ1n) is 1.43. The SMILES string of the molecule is N.N#C[S][Hg][S]C#N. The average Bonchev–Trinajstić information content (AvgIpc) is 1.69. The Kier molecular flexibility index (Phi) is 15.0. The molecule has 40 valence electrons. The van der Waals surface area contributed by atoms with Crippen LogP contribution in [-0.4, -0.2) is 0 Å². The van der Waals surface area contributed by atoms with Crippen molar-refractivity contribution in [3.05, 3.63) is 0 Å². The molecule has 0 radical (unpaired) electrons. The summed E-state index contributed by atoms with van der Waals surface area (Å²) in [4.78, 5) is 0. The molecule has 0 fully saturated rings. The van der Waals surface area contributed by atoms with E-state index in [1.54, 1.807) is 0 Å². The van der Waals surface area contributed by atoms with E-state index in [2.05, 4.69) is 0 Å². The van der Waals surface area contributed by atoms with Crippen molar-refractivity contribution in [3.8, 4) is 10.8 Å². The third-order valence-electron chi connectivity index (χ3n) is 0.247. The van der Waals surface area contributed by atoms with Gasteiger partial charge in [-0.3, -0.25) is 0 Å². The Bertz CT molecular complexity index is 99.4. The number of hydrogen-bond donors (Lipinski definition) is 1. The molecule has 0 aliphatic rings. The van der Waals surface area contributed by atoms with Crippen molar-refractivity contribution in [1.82, 2.24) is 6.15 Å². The zero-order valence-electron chi connectivity index (χ0n) is 4.13. The summed E-state index contributed by atoms with van der Waals surface area (Å²) in [5, 5.41) is 19.8. The van der Waals surface area contributed by atoms with Crippen LogP contribution < -0.4 is 6.15 Å². The van der Waals surface area contributed by atoms with Crippen LogP contribution in [0.5, 0.6) is 0 Å². The second-order valence-electron chi connectivity index (χ2n) is 0.589. The average molecular weight is 334 g/mol. The molecule has 3 nitrogen and oxygen atoms in total. The van der Waals surface area contributed by atoms with E-state index < -0.39 is 21.5 Å². The van der Waals surface area contributed by atoms with E-state index >= 15 is 0 Å². The van der Waals surface area contributed by atoms with Crippen molar-refractivity contribution in [2.75, 3.05) is 0 Å². The van der Waals surface area contributed by atoms with Gasteiger partial charge < -0.3 is 6.15 Å². The van der Waals surface area contributed by atoms with Gasteiger partial charge >= 0.3 is 59.4 Å². The van der Waals surface area contributed by atoms with E-state index in [1.807, 2.05) is 10.8 Å². The molecule has 0 bridgehead atoms. The fourth-order valence-corrected chi connectivity index (χ4v) is 6.49. The molecule has 0 spiro atoms. The Hall–Kier alpha value is 0.575. The van der Waals surface area contributed by atoms with Gasteiger partial charge in [0.2, 0.25) is 0 Å². The molecule has 0 heterocycles. The van der Waals surface area contributed by atoms with Gasteiger partial charge in [0.05, 0.1) is 0 Å². The molecule has 0 saturated heterocycles. The summed E-state index contributed by atoms with van der Waals surface area (Å²) >= 11 is -1.09. The molecule has 3 N–H and O–H groups in total. The number of rotatable bonds is 2. The van der Waals surface area contributed by atoms with E-state index in [9.17, 15) is 0 Å². The number of thiocyanates is 2. The molecule has 0 aliphatic carbocycles. The Balaban J connectivity index is 0. The van der Waals surface area contributed by atoms with Crippen LogP contribution in [0.15, 0.2) is 0 Å². The zero-order chi connectivity index (χ0) is 5.54. The number of hydrogen-bond acceptors (Lipinski definition) is 5. The topological polar surface area (TPSA) is 82.6 Å². The molecule has 8 heavy (non-hydrogen) atoms. The molecule has 0 amide bonds. The van der Waals surface area contributed by atoms with Gasteiger partial charge in [-0.05, 0) is 0 Å². The van der Waals surface area contributed by atoms with Crippen molar-refractivity contribution in [2.45, 2.75) is 0 Å². The van der Waals surface area contributed by atoms with Crippen molar-refractivity contribution in [2.24, 2.45) is 0 Å². The zero-order valence-corrected chi connectivity index (χ0v) is 11.3. The molecule has 0 saturated carbocycles. The minimum absolute atomic E-state index is 0. The molecule has 0 aromatic rings. The van der Waals surface area contributed by atoms with E-state index in [-0.39, 0.29) is 6.15 Å². The maximum atomic E-state index is 7.94. The van der Waals surface area contributed by atoms with Gasteiger partial charge in [-0.25, -0.2) is 0 Å². The van der Waals surface area contributed by atoms with Crippen molar-refractivity contribution in [1.29, 1.82) is 10.5 Å². The van der Waals surface area contributed by atoms with Crippen LogP contribution in [0.2, 0.25) is 0 Å². The monoisotopic (exact) mass is 335 g/mol. The van der Waals surface area contributed by atoms with Gasteiger partial charge in [0.1, 0.15) is 0 Å². The van der Waals surface area contributed by atoms with Crippen molar-refractivity contribution < 1.29 is 21.5 Å². The summed E-state index contributed by atoms with van der Waals surface area (Å²) in [6, 6.07) is 0. The van der Waals surface area contributed by atoms with Gasteiger partial charge in [-0.15, -0.1) is 0 Å². The van der Waals surface area contributed by atoms with Gasteiger partial charge in [0.15, 0.2) is 0 Å². The van der Waals surface area contributed by atoms with Crippen LogP contribution in [0, 0.1) is 21.3 Å². The van der Waals surface area contributed by atoms with Gasteiger partial charge in [-0.2, -0.15) is 0 Å². The fourth-order valence-electron chi connectivity index (χ4n) is 0.0822. The van der Waals surface area contributed by atoms with E-state index in [0.717, 1.165) is 0 Å². The quantitative estimate of drug-likeness (QED) is 0.470. The van der Waals surface area contributed by atoms with Gasteiger partial charge in [0, 0.05) is 0 Å². The standard InChI is InChI=1S/2CHNS.Hg.H3N/c2*2-1-3;;/h2*3H;;1H3/q;;+2;/p-2. The first kappa shape index (κ1) is 11.4. The van der Waals surface area contributed by atoms with Crippen molar-refractivity contribution >= 4 is 16.5 Å². The predicted molar refractivity (Wildman–Crippen MR) is 31.4 cm³/mol. The molecule has 6 heteroatoms. The summed E-state index contributed by atoms with van der Waals surface area (Å²) in [6.07, 6.45) is 0. The van der Waals surface area contributed by atoms with Gasteiger partial charge in [0.25, 0.3) is 0 Å². The Morgan fingerprint density at radius 3 is 1.75 bits per heavy atom. The summed E-state index contributed by atoms with van der Waals surface area (Å²) < 4.78 is 0. The van der Waals surface area contributed by atoms with Crippen LogP contribution in [0.25, 0.3) is 0 Å². The van der Waals surface area contributed by atoms with Crippen molar-refractivity contribution in [3.63, 3.8) is 0 Å². The minimum atomic E-state index is -1.09. The van der Waals surface area contributed by atoms with Crippen LogP contribution in [0.1, 0.15) is 0 Å². The van der Waals surface area contributed by atoms with E-state index in [1.165, 1.54) is 16.5 Å². The van der Waals surface area contributed by atoms with Crippen LogP contribution in [0.4, 0.5) is 0 Å². The second-order valence-corrected chi connectivity index (χ2v) is 17.5. The van der Waals surface area contributed by atoms with Gasteiger partial charge in [-0.1, -0.05) is 0 Å². The fraction of sp³-hybridized carbons (Fsp3) is 0. The maximum absolute atomic E-state index is 7.94. The number of nitriles is 2. The van der Waals surface area contributed by atoms with Crippen LogP contribution in [0.3, 0.4) is 0 Å². The predicted octanol–water partition coefficient (Wildman–Crippen LogP) is 1.49. The molecule has 0 rings (SSSR count). The molecular weight excluding hydrogens is 331 g/mol. The Labute approximate surface area is 65.1 Å². The summed E-state index contributed by atoms with van der Waals surface area (Å²) in [5.74, 6) is 0. The Morgan fingerprint density at radius 1 is 1.12 bits per heavy atom. The summed E-state index contributed by atoms with van der Waals surface area (Å²) in [7, 11) is 2.60. The first-order valence-corrected chi connectivity index (χ1v) is 16.9. The molecule has 0 aliphatic heterocycles. The molecule has 0 aromatic carbocycles. The first-order chi connectivity index (χ1) is 3.41. The summed E-state index contributed by atoms with van der Waals surface area (Å²) in [6.45, 7) is 0. The van der Waals surface area contributed by atoms with E-state index in [0.29, 0.717) is 0 Å². The summed E-state index contributed by atoms with van der Waals surface area (Å²) in [5.41, 5.74) is 0. The van der Waals surface area contributed by atoms with Crippen LogP contribution in [-0.2, 0) is 21.5 Å². The molecular formula is C2H3HgN3S2. The normalized spacial score (nSPS) is 4.75. The number of nitrogens with zero attached hydrogens (tertiary/aromatic N) is 2. The third-order valence-corrected chi connectivity index (χ3v) is 12.7. The Morgan fingerprint density at radius 2 is 1.50 bits per heavy atom. The molecule has 0 atom stereocenters. The van der Waals surface area contributed by atoms with Crippen LogP contribution >= 0.6 is 16.5 Å². The third kappa shape index (κ3) is 9.76. The molecule has 0 unspecified atom stereocenters.